The Hall–Kier alpha value is -2.76. The highest BCUT2D eigenvalue weighted by molar-refractivity contribution is 5.82. The summed E-state index contributed by atoms with van der Waals surface area (Å²) in [4.78, 5) is 23.7. The molecule has 0 saturated carbocycles. The summed E-state index contributed by atoms with van der Waals surface area (Å²) in [5.74, 6) is 0.462. The standard InChI is InChI=1S/C21H23FN4O/c1-21(2,3)19(27)25-12-4-5-16(25)17-10-11-23-20-24-13-18(26(17)20)14-6-8-15(22)9-7-14/h6-11,13,16H,4-5,12H2,1-3H3/t16-/m0/s1. The lowest BCUT2D eigenvalue weighted by atomic mass is 9.94. The van der Waals surface area contributed by atoms with Gasteiger partial charge >= 0.3 is 0 Å². The Kier molecular flexibility index (Phi) is 4.21. The van der Waals surface area contributed by atoms with Crippen LogP contribution in [0.5, 0.6) is 0 Å². The lowest BCUT2D eigenvalue weighted by molar-refractivity contribution is -0.140. The zero-order valence-electron chi connectivity index (χ0n) is 15.8. The van der Waals surface area contributed by atoms with E-state index in [0.717, 1.165) is 36.3 Å². The first kappa shape index (κ1) is 17.6. The largest absolute Gasteiger partial charge is 0.334 e. The fourth-order valence-corrected chi connectivity index (χ4v) is 3.78. The van der Waals surface area contributed by atoms with Crippen LogP contribution in [-0.2, 0) is 4.79 Å². The third-order valence-electron chi connectivity index (χ3n) is 5.07. The molecule has 1 fully saturated rings. The molecule has 0 N–H and O–H groups in total. The molecule has 0 radical (unpaired) electrons. The van der Waals surface area contributed by atoms with E-state index in [1.54, 1.807) is 24.5 Å². The van der Waals surface area contributed by atoms with Gasteiger partial charge in [0.2, 0.25) is 11.7 Å². The monoisotopic (exact) mass is 366 g/mol. The molecule has 0 unspecified atom stereocenters. The molecule has 3 aromatic rings. The molecule has 4 rings (SSSR count). The normalized spacial score (nSPS) is 17.6. The zero-order chi connectivity index (χ0) is 19.2. The Balaban J connectivity index is 1.83. The average molecular weight is 366 g/mol. The van der Waals surface area contributed by atoms with E-state index in [0.29, 0.717) is 5.78 Å². The average Bonchev–Trinajstić information content (AvgIpc) is 3.28. The SMILES string of the molecule is CC(C)(C)C(=O)N1CCC[C@H]1c1ccnc2ncc(-c3ccc(F)cc3)n12. The minimum Gasteiger partial charge on any atom is -0.334 e. The molecule has 6 heteroatoms. The molecule has 1 amide bonds. The predicted molar refractivity (Wildman–Crippen MR) is 102 cm³/mol. The van der Waals surface area contributed by atoms with Crippen molar-refractivity contribution in [1.82, 2.24) is 19.3 Å². The number of aromatic nitrogens is 3. The molecule has 27 heavy (non-hydrogen) atoms. The van der Waals surface area contributed by atoms with Crippen molar-refractivity contribution in [2.75, 3.05) is 6.54 Å². The molecular formula is C21H23FN4O. The molecule has 3 heterocycles. The maximum Gasteiger partial charge on any atom is 0.234 e. The summed E-state index contributed by atoms with van der Waals surface area (Å²) >= 11 is 0. The summed E-state index contributed by atoms with van der Waals surface area (Å²) in [6, 6.07) is 8.30. The number of amides is 1. The van der Waals surface area contributed by atoms with Crippen LogP contribution in [0.2, 0.25) is 0 Å². The molecule has 2 aromatic heterocycles. The quantitative estimate of drug-likeness (QED) is 0.681. The lowest BCUT2D eigenvalue weighted by Gasteiger charge is -2.31. The number of hydrogen-bond donors (Lipinski definition) is 0. The highest BCUT2D eigenvalue weighted by Gasteiger charge is 2.37. The molecule has 1 aromatic carbocycles. The van der Waals surface area contributed by atoms with E-state index in [1.807, 2.05) is 36.1 Å². The second kappa shape index (κ2) is 6.44. The minimum absolute atomic E-state index is 0.0179. The first-order valence-corrected chi connectivity index (χ1v) is 9.25. The molecule has 1 aliphatic heterocycles. The van der Waals surface area contributed by atoms with Crippen molar-refractivity contribution >= 4 is 11.7 Å². The molecule has 140 valence electrons. The smallest absolute Gasteiger partial charge is 0.234 e. The summed E-state index contributed by atoms with van der Waals surface area (Å²) in [6.45, 7) is 6.61. The third-order valence-corrected chi connectivity index (χ3v) is 5.07. The van der Waals surface area contributed by atoms with Crippen LogP contribution in [-0.4, -0.2) is 31.7 Å². The second-order valence-corrected chi connectivity index (χ2v) is 8.06. The van der Waals surface area contributed by atoms with Gasteiger partial charge in [-0.3, -0.25) is 9.20 Å². The highest BCUT2D eigenvalue weighted by atomic mass is 19.1. The van der Waals surface area contributed by atoms with Gasteiger partial charge in [-0.1, -0.05) is 20.8 Å². The Labute approximate surface area is 157 Å². The topological polar surface area (TPSA) is 50.5 Å². The molecule has 1 saturated heterocycles. The maximum atomic E-state index is 13.3. The number of carbonyl (C=O) groups is 1. The third kappa shape index (κ3) is 3.09. The number of benzene rings is 1. The van der Waals surface area contributed by atoms with E-state index in [4.69, 9.17) is 0 Å². The van der Waals surface area contributed by atoms with Gasteiger partial charge < -0.3 is 4.90 Å². The van der Waals surface area contributed by atoms with E-state index >= 15 is 0 Å². The van der Waals surface area contributed by atoms with Gasteiger partial charge in [0.25, 0.3) is 0 Å². The van der Waals surface area contributed by atoms with E-state index in [2.05, 4.69) is 9.97 Å². The number of carbonyl (C=O) groups excluding carboxylic acids is 1. The first-order chi connectivity index (χ1) is 12.9. The van der Waals surface area contributed by atoms with Gasteiger partial charge in [-0.15, -0.1) is 0 Å². The first-order valence-electron chi connectivity index (χ1n) is 9.25. The summed E-state index contributed by atoms with van der Waals surface area (Å²) in [5.41, 5.74) is 2.28. The van der Waals surface area contributed by atoms with E-state index in [1.165, 1.54) is 12.1 Å². The molecule has 0 spiro atoms. The summed E-state index contributed by atoms with van der Waals surface area (Å²) in [5, 5.41) is 0. The summed E-state index contributed by atoms with van der Waals surface area (Å²) in [6.07, 6.45) is 5.37. The fourth-order valence-electron chi connectivity index (χ4n) is 3.78. The number of halogens is 1. The van der Waals surface area contributed by atoms with Crippen LogP contribution in [0.15, 0.2) is 42.7 Å². The van der Waals surface area contributed by atoms with Crippen LogP contribution < -0.4 is 0 Å². The van der Waals surface area contributed by atoms with Crippen LogP contribution in [0.1, 0.15) is 45.3 Å². The molecule has 0 aliphatic carbocycles. The van der Waals surface area contributed by atoms with Crippen LogP contribution >= 0.6 is 0 Å². The Morgan fingerprint density at radius 3 is 2.59 bits per heavy atom. The lowest BCUT2D eigenvalue weighted by Crippen LogP contribution is -2.39. The van der Waals surface area contributed by atoms with Gasteiger partial charge in [0.15, 0.2) is 0 Å². The number of nitrogens with zero attached hydrogens (tertiary/aromatic N) is 4. The van der Waals surface area contributed by atoms with Crippen molar-refractivity contribution in [2.45, 2.75) is 39.7 Å². The molecule has 5 nitrogen and oxygen atoms in total. The van der Waals surface area contributed by atoms with Crippen molar-refractivity contribution in [1.29, 1.82) is 0 Å². The number of likely N-dealkylation sites (tertiary alicyclic amines) is 1. The Morgan fingerprint density at radius 2 is 1.89 bits per heavy atom. The van der Waals surface area contributed by atoms with Gasteiger partial charge in [-0.05, 0) is 43.2 Å². The number of rotatable bonds is 2. The zero-order valence-corrected chi connectivity index (χ0v) is 15.8. The van der Waals surface area contributed by atoms with Gasteiger partial charge in [0.05, 0.1) is 23.6 Å². The number of fused-ring (bicyclic) bond motifs is 1. The van der Waals surface area contributed by atoms with Crippen molar-refractivity contribution in [3.63, 3.8) is 0 Å². The Bertz CT molecular complexity index is 988. The van der Waals surface area contributed by atoms with Crippen LogP contribution in [0, 0.1) is 11.2 Å². The molecule has 1 atom stereocenters. The Morgan fingerprint density at radius 1 is 1.15 bits per heavy atom. The second-order valence-electron chi connectivity index (χ2n) is 8.06. The number of hydrogen-bond acceptors (Lipinski definition) is 3. The molecule has 0 bridgehead atoms. The van der Waals surface area contributed by atoms with Crippen molar-refractivity contribution in [3.8, 4) is 11.3 Å². The summed E-state index contributed by atoms with van der Waals surface area (Å²) < 4.78 is 15.3. The maximum absolute atomic E-state index is 13.3. The fraction of sp³-hybridized carbons (Fsp3) is 0.381. The van der Waals surface area contributed by atoms with Crippen molar-refractivity contribution in [3.05, 3.63) is 54.2 Å². The minimum atomic E-state index is -0.427. The van der Waals surface area contributed by atoms with Crippen LogP contribution in [0.25, 0.3) is 17.0 Å². The number of imidazole rings is 1. The van der Waals surface area contributed by atoms with Crippen molar-refractivity contribution in [2.24, 2.45) is 5.41 Å². The van der Waals surface area contributed by atoms with Crippen molar-refractivity contribution < 1.29 is 9.18 Å². The van der Waals surface area contributed by atoms with Crippen LogP contribution in [0.3, 0.4) is 0 Å². The highest BCUT2D eigenvalue weighted by Crippen LogP contribution is 2.36. The van der Waals surface area contributed by atoms with E-state index in [9.17, 15) is 9.18 Å². The van der Waals surface area contributed by atoms with Gasteiger partial charge in [-0.2, -0.15) is 0 Å². The van der Waals surface area contributed by atoms with Crippen LogP contribution in [0.4, 0.5) is 4.39 Å². The van der Waals surface area contributed by atoms with E-state index < -0.39 is 5.41 Å². The van der Waals surface area contributed by atoms with Gasteiger partial charge in [0, 0.05) is 23.7 Å². The predicted octanol–water partition coefficient (Wildman–Crippen LogP) is 4.25. The summed E-state index contributed by atoms with van der Waals surface area (Å²) in [7, 11) is 0. The van der Waals surface area contributed by atoms with Gasteiger partial charge in [0.1, 0.15) is 5.82 Å². The molecule has 1 aliphatic rings. The molecular weight excluding hydrogens is 343 g/mol. The van der Waals surface area contributed by atoms with Gasteiger partial charge in [-0.25, -0.2) is 14.4 Å². The van der Waals surface area contributed by atoms with E-state index in [-0.39, 0.29) is 17.8 Å².